The van der Waals surface area contributed by atoms with Gasteiger partial charge in [0.05, 0.1) is 10.8 Å². The van der Waals surface area contributed by atoms with Gasteiger partial charge in [-0.05, 0) is 44.2 Å². The number of sulfonamides is 1. The van der Waals surface area contributed by atoms with Crippen molar-refractivity contribution in [1.82, 2.24) is 29.7 Å². The van der Waals surface area contributed by atoms with E-state index < -0.39 is 10.0 Å². The van der Waals surface area contributed by atoms with Crippen molar-refractivity contribution in [3.8, 4) is 5.82 Å². The predicted octanol–water partition coefficient (Wildman–Crippen LogP) is 1.94. The molecule has 0 bridgehead atoms. The van der Waals surface area contributed by atoms with E-state index in [1.807, 2.05) is 17.0 Å². The molecule has 4 aromatic rings. The molecule has 2 N–H and O–H groups in total. The molecule has 0 saturated carbocycles. The standard InChI is InChI=1S/C23H23N9O3S/c1-15-10-20(28-16(2)27-15)30-36(34,35)19-6-4-18(5-7-19)29-23(33)17-12-31(13-17)21-11-22(25-14-24-21)32-9-3-8-26-32/h3-11,14,17H,12-13H2,1-2H3,(H,29,33)(H,27,28,30). The summed E-state index contributed by atoms with van der Waals surface area (Å²) >= 11 is 0. The van der Waals surface area contributed by atoms with Gasteiger partial charge in [-0.15, -0.1) is 0 Å². The summed E-state index contributed by atoms with van der Waals surface area (Å²) in [6.07, 6.45) is 4.93. The highest BCUT2D eigenvalue weighted by Crippen LogP contribution is 2.25. The zero-order valence-corrected chi connectivity index (χ0v) is 20.3. The lowest BCUT2D eigenvalue weighted by molar-refractivity contribution is -0.120. The third-order valence-corrected chi connectivity index (χ3v) is 6.96. The molecule has 1 fully saturated rings. The second-order valence-corrected chi connectivity index (χ2v) is 10.0. The number of aromatic nitrogens is 6. The monoisotopic (exact) mass is 505 g/mol. The number of anilines is 3. The van der Waals surface area contributed by atoms with Gasteiger partial charge in [-0.2, -0.15) is 5.10 Å². The van der Waals surface area contributed by atoms with Crippen LogP contribution in [-0.4, -0.2) is 57.1 Å². The van der Waals surface area contributed by atoms with Gasteiger partial charge < -0.3 is 10.2 Å². The van der Waals surface area contributed by atoms with E-state index >= 15 is 0 Å². The lowest BCUT2D eigenvalue weighted by Crippen LogP contribution is -2.52. The van der Waals surface area contributed by atoms with Crippen LogP contribution in [0.1, 0.15) is 11.5 Å². The highest BCUT2D eigenvalue weighted by Gasteiger charge is 2.33. The van der Waals surface area contributed by atoms with Gasteiger partial charge in [0, 0.05) is 49.0 Å². The van der Waals surface area contributed by atoms with E-state index in [-0.39, 0.29) is 22.5 Å². The van der Waals surface area contributed by atoms with Crippen molar-refractivity contribution in [3.05, 3.63) is 72.7 Å². The fourth-order valence-corrected chi connectivity index (χ4v) is 4.79. The Hall–Kier alpha value is -4.39. The summed E-state index contributed by atoms with van der Waals surface area (Å²) in [4.78, 5) is 31.5. The van der Waals surface area contributed by atoms with E-state index in [1.165, 1.54) is 18.5 Å². The summed E-state index contributed by atoms with van der Waals surface area (Å²) in [5.41, 5.74) is 1.17. The number of amides is 1. The molecule has 5 rings (SSSR count). The molecule has 1 amide bonds. The quantitative estimate of drug-likeness (QED) is 0.384. The fourth-order valence-electron chi connectivity index (χ4n) is 3.80. The summed E-state index contributed by atoms with van der Waals surface area (Å²) in [7, 11) is -3.84. The minimum absolute atomic E-state index is 0.0565. The van der Waals surface area contributed by atoms with Crippen molar-refractivity contribution in [2.24, 2.45) is 5.92 Å². The van der Waals surface area contributed by atoms with Crippen LogP contribution in [0.15, 0.2) is 66.1 Å². The summed E-state index contributed by atoms with van der Waals surface area (Å²) in [6.45, 7) is 4.47. The highest BCUT2D eigenvalue weighted by atomic mass is 32.2. The molecular formula is C23H23N9O3S. The van der Waals surface area contributed by atoms with Gasteiger partial charge in [-0.25, -0.2) is 33.0 Å². The third kappa shape index (κ3) is 5.00. The Bertz CT molecular complexity index is 1480. The number of aryl methyl sites for hydroxylation is 2. The molecule has 3 aromatic heterocycles. The molecule has 1 aliphatic heterocycles. The first kappa shape index (κ1) is 23.4. The van der Waals surface area contributed by atoms with Gasteiger partial charge in [0.25, 0.3) is 10.0 Å². The largest absolute Gasteiger partial charge is 0.355 e. The van der Waals surface area contributed by atoms with Gasteiger partial charge in [0.1, 0.15) is 23.8 Å². The predicted molar refractivity (Wildman–Crippen MR) is 132 cm³/mol. The van der Waals surface area contributed by atoms with Gasteiger partial charge in [-0.1, -0.05) is 0 Å². The molecule has 12 nitrogen and oxygen atoms in total. The molecule has 184 valence electrons. The highest BCUT2D eigenvalue weighted by molar-refractivity contribution is 7.92. The molecule has 1 aliphatic rings. The summed E-state index contributed by atoms with van der Waals surface area (Å²) < 4.78 is 29.5. The van der Waals surface area contributed by atoms with Crippen LogP contribution in [0.3, 0.4) is 0 Å². The van der Waals surface area contributed by atoms with Crippen LogP contribution < -0.4 is 14.9 Å². The fraction of sp³-hybridized carbons (Fsp3) is 0.217. The first-order valence-electron chi connectivity index (χ1n) is 11.1. The van der Waals surface area contributed by atoms with Crippen LogP contribution in [0, 0.1) is 19.8 Å². The average Bonchev–Trinajstić information content (AvgIpc) is 3.33. The first-order valence-corrected chi connectivity index (χ1v) is 12.6. The summed E-state index contributed by atoms with van der Waals surface area (Å²) in [6, 6.07) is 11.2. The first-order chi connectivity index (χ1) is 17.3. The van der Waals surface area contributed by atoms with Crippen LogP contribution in [0.5, 0.6) is 0 Å². The number of nitrogens with one attached hydrogen (secondary N) is 2. The number of rotatable bonds is 7. The van der Waals surface area contributed by atoms with Crippen LogP contribution in [0.2, 0.25) is 0 Å². The van der Waals surface area contributed by atoms with E-state index in [0.717, 1.165) is 5.82 Å². The van der Waals surface area contributed by atoms with E-state index in [1.54, 1.807) is 49.1 Å². The second kappa shape index (κ2) is 9.34. The zero-order valence-electron chi connectivity index (χ0n) is 19.5. The Labute approximate surface area is 207 Å². The van der Waals surface area contributed by atoms with Crippen molar-refractivity contribution in [1.29, 1.82) is 0 Å². The summed E-state index contributed by atoms with van der Waals surface area (Å²) in [5, 5.41) is 7.01. The average molecular weight is 506 g/mol. The molecule has 13 heteroatoms. The number of nitrogens with zero attached hydrogens (tertiary/aromatic N) is 7. The Morgan fingerprint density at radius 3 is 2.47 bits per heavy atom. The molecule has 0 spiro atoms. The minimum atomic E-state index is -3.84. The van der Waals surface area contributed by atoms with Crippen molar-refractivity contribution in [3.63, 3.8) is 0 Å². The number of hydrogen-bond donors (Lipinski definition) is 2. The third-order valence-electron chi connectivity index (χ3n) is 5.59. The smallest absolute Gasteiger partial charge is 0.263 e. The minimum Gasteiger partial charge on any atom is -0.355 e. The van der Waals surface area contributed by atoms with Crippen LogP contribution in [0.25, 0.3) is 5.82 Å². The Morgan fingerprint density at radius 2 is 1.78 bits per heavy atom. The van der Waals surface area contributed by atoms with Crippen LogP contribution in [-0.2, 0) is 14.8 Å². The van der Waals surface area contributed by atoms with E-state index in [9.17, 15) is 13.2 Å². The zero-order chi connectivity index (χ0) is 25.3. The SMILES string of the molecule is Cc1cc(NS(=O)(=O)c2ccc(NC(=O)C3CN(c4cc(-n5cccn5)ncn4)C3)cc2)nc(C)n1. The van der Waals surface area contributed by atoms with E-state index in [2.05, 4.69) is 35.1 Å². The Kier molecular flexibility index (Phi) is 6.06. The molecule has 36 heavy (non-hydrogen) atoms. The number of benzene rings is 1. The molecule has 4 heterocycles. The lowest BCUT2D eigenvalue weighted by atomic mass is 9.99. The van der Waals surface area contributed by atoms with Crippen LogP contribution >= 0.6 is 0 Å². The van der Waals surface area contributed by atoms with Crippen molar-refractivity contribution in [2.75, 3.05) is 28.0 Å². The normalized spacial score (nSPS) is 13.8. The van der Waals surface area contributed by atoms with Crippen molar-refractivity contribution >= 4 is 33.3 Å². The molecule has 0 unspecified atom stereocenters. The lowest BCUT2D eigenvalue weighted by Gasteiger charge is -2.39. The van der Waals surface area contributed by atoms with Gasteiger partial charge in [-0.3, -0.25) is 9.52 Å². The molecular weight excluding hydrogens is 482 g/mol. The maximum Gasteiger partial charge on any atom is 0.263 e. The number of carbonyl (C=O) groups excluding carboxylic acids is 1. The van der Waals surface area contributed by atoms with Gasteiger partial charge >= 0.3 is 0 Å². The Balaban J connectivity index is 1.18. The molecule has 1 aromatic carbocycles. The van der Waals surface area contributed by atoms with E-state index in [4.69, 9.17) is 0 Å². The molecule has 1 saturated heterocycles. The molecule has 0 radical (unpaired) electrons. The van der Waals surface area contributed by atoms with E-state index in [0.29, 0.717) is 36.1 Å². The van der Waals surface area contributed by atoms with Gasteiger partial charge in [0.15, 0.2) is 5.82 Å². The maximum atomic E-state index is 12.7. The number of carbonyl (C=O) groups is 1. The van der Waals surface area contributed by atoms with Gasteiger partial charge in [0.2, 0.25) is 5.91 Å². The maximum absolute atomic E-state index is 12.7. The topological polar surface area (TPSA) is 148 Å². The van der Waals surface area contributed by atoms with Crippen molar-refractivity contribution in [2.45, 2.75) is 18.7 Å². The Morgan fingerprint density at radius 1 is 1.03 bits per heavy atom. The summed E-state index contributed by atoms with van der Waals surface area (Å²) in [5.74, 6) is 1.67. The van der Waals surface area contributed by atoms with Crippen molar-refractivity contribution < 1.29 is 13.2 Å². The second-order valence-electron chi connectivity index (χ2n) is 8.35. The van der Waals surface area contributed by atoms with Crippen LogP contribution in [0.4, 0.5) is 17.3 Å². The molecule has 0 atom stereocenters. The number of hydrogen-bond acceptors (Lipinski definition) is 9. The molecule has 0 aliphatic carbocycles.